The molecule has 17 heavy (non-hydrogen) atoms. The number of hydrogen-bond donors (Lipinski definition) is 0. The number of hydrogen-bond acceptors (Lipinski definition) is 2. The molecule has 0 aliphatic heterocycles. The summed E-state index contributed by atoms with van der Waals surface area (Å²) in [6.07, 6.45) is 10.7. The number of rotatable bonds is 6. The monoisotopic (exact) mass is 236 g/mol. The van der Waals surface area contributed by atoms with Gasteiger partial charge in [-0.25, -0.2) is 0 Å². The standard InChI is InChI=1S/C15H24O2/c1-5-14(16-3)9-6-12(2)13-7-10-15(17-4)11-8-13/h5,7,10,12H,6,8-9,11H2,1-4H3/b14-5+. The van der Waals surface area contributed by atoms with Gasteiger partial charge in [0.25, 0.3) is 0 Å². The molecule has 96 valence electrons. The van der Waals surface area contributed by atoms with Crippen LogP contribution in [0.15, 0.2) is 35.3 Å². The molecule has 1 unspecified atom stereocenters. The summed E-state index contributed by atoms with van der Waals surface area (Å²) in [6.45, 7) is 4.32. The summed E-state index contributed by atoms with van der Waals surface area (Å²) in [6, 6.07) is 0. The van der Waals surface area contributed by atoms with Gasteiger partial charge in [0, 0.05) is 12.8 Å². The molecule has 1 aliphatic carbocycles. The molecular formula is C15H24O2. The largest absolute Gasteiger partial charge is 0.501 e. The van der Waals surface area contributed by atoms with E-state index in [0.29, 0.717) is 5.92 Å². The lowest BCUT2D eigenvalue weighted by molar-refractivity contribution is 0.267. The normalized spacial score (nSPS) is 18.2. The van der Waals surface area contributed by atoms with Crippen LogP contribution >= 0.6 is 0 Å². The van der Waals surface area contributed by atoms with E-state index in [4.69, 9.17) is 9.47 Å². The first-order valence-corrected chi connectivity index (χ1v) is 6.34. The third-order valence-corrected chi connectivity index (χ3v) is 3.45. The second-order valence-corrected chi connectivity index (χ2v) is 4.48. The molecule has 1 atom stereocenters. The van der Waals surface area contributed by atoms with Crippen LogP contribution < -0.4 is 0 Å². The molecule has 1 rings (SSSR count). The SMILES string of the molecule is C/C=C(\CCC(C)C1=CC=C(OC)CC1)OC. The van der Waals surface area contributed by atoms with Crippen molar-refractivity contribution >= 4 is 0 Å². The minimum Gasteiger partial charge on any atom is -0.501 e. The van der Waals surface area contributed by atoms with Crippen molar-refractivity contribution in [2.24, 2.45) is 5.92 Å². The van der Waals surface area contributed by atoms with Crippen LogP contribution in [0.5, 0.6) is 0 Å². The Morgan fingerprint density at radius 2 is 2.12 bits per heavy atom. The van der Waals surface area contributed by atoms with Crippen LogP contribution in [0.25, 0.3) is 0 Å². The fourth-order valence-electron chi connectivity index (χ4n) is 2.12. The molecule has 0 aromatic rings. The molecule has 0 saturated heterocycles. The van der Waals surface area contributed by atoms with Crippen LogP contribution in [0.2, 0.25) is 0 Å². The quantitative estimate of drug-likeness (QED) is 0.643. The zero-order valence-corrected chi connectivity index (χ0v) is 11.5. The molecule has 0 aromatic heterocycles. The predicted octanol–water partition coefficient (Wildman–Crippen LogP) is 4.20. The van der Waals surface area contributed by atoms with Gasteiger partial charge in [-0.3, -0.25) is 0 Å². The Morgan fingerprint density at radius 3 is 2.59 bits per heavy atom. The fourth-order valence-corrected chi connectivity index (χ4v) is 2.12. The molecule has 2 nitrogen and oxygen atoms in total. The van der Waals surface area contributed by atoms with E-state index in [0.717, 1.165) is 37.2 Å². The Labute approximate surface area is 105 Å². The van der Waals surface area contributed by atoms with E-state index >= 15 is 0 Å². The molecular weight excluding hydrogens is 212 g/mol. The van der Waals surface area contributed by atoms with Crippen LogP contribution in [-0.2, 0) is 9.47 Å². The molecule has 0 spiro atoms. The Bertz CT molecular complexity index is 324. The first-order valence-electron chi connectivity index (χ1n) is 6.34. The van der Waals surface area contributed by atoms with Crippen LogP contribution in [0.4, 0.5) is 0 Å². The van der Waals surface area contributed by atoms with E-state index < -0.39 is 0 Å². The molecule has 0 amide bonds. The van der Waals surface area contributed by atoms with E-state index in [1.54, 1.807) is 14.2 Å². The van der Waals surface area contributed by atoms with Gasteiger partial charge in [0.1, 0.15) is 0 Å². The van der Waals surface area contributed by atoms with Gasteiger partial charge in [-0.2, -0.15) is 0 Å². The molecule has 0 radical (unpaired) electrons. The summed E-state index contributed by atoms with van der Waals surface area (Å²) < 4.78 is 10.5. The van der Waals surface area contributed by atoms with Crippen molar-refractivity contribution in [2.45, 2.75) is 39.5 Å². The zero-order valence-electron chi connectivity index (χ0n) is 11.5. The highest BCUT2D eigenvalue weighted by Gasteiger charge is 2.13. The van der Waals surface area contributed by atoms with Crippen molar-refractivity contribution < 1.29 is 9.47 Å². The maximum atomic E-state index is 5.28. The number of ether oxygens (including phenoxy) is 2. The van der Waals surface area contributed by atoms with E-state index in [9.17, 15) is 0 Å². The second-order valence-electron chi connectivity index (χ2n) is 4.48. The van der Waals surface area contributed by atoms with Gasteiger partial charge in [0.2, 0.25) is 0 Å². The first-order chi connectivity index (χ1) is 8.21. The molecule has 0 aromatic carbocycles. The Hall–Kier alpha value is -1.18. The van der Waals surface area contributed by atoms with Gasteiger partial charge in [-0.15, -0.1) is 0 Å². The smallest absolute Gasteiger partial charge is 0.0958 e. The zero-order chi connectivity index (χ0) is 12.7. The molecule has 0 N–H and O–H groups in total. The first kappa shape index (κ1) is 13.9. The summed E-state index contributed by atoms with van der Waals surface area (Å²) in [4.78, 5) is 0. The molecule has 0 heterocycles. The minimum absolute atomic E-state index is 0.620. The van der Waals surface area contributed by atoms with Crippen molar-refractivity contribution in [3.63, 3.8) is 0 Å². The van der Waals surface area contributed by atoms with Gasteiger partial charge in [-0.1, -0.05) is 18.6 Å². The van der Waals surface area contributed by atoms with E-state index in [-0.39, 0.29) is 0 Å². The predicted molar refractivity (Wildman–Crippen MR) is 71.6 cm³/mol. The summed E-state index contributed by atoms with van der Waals surface area (Å²) >= 11 is 0. The van der Waals surface area contributed by atoms with E-state index in [1.165, 1.54) is 5.57 Å². The Kier molecular flexibility index (Phi) is 5.88. The van der Waals surface area contributed by atoms with Gasteiger partial charge in [0.05, 0.1) is 25.7 Å². The van der Waals surface area contributed by atoms with Crippen molar-refractivity contribution in [1.82, 2.24) is 0 Å². The number of methoxy groups -OCH3 is 2. The molecule has 0 fully saturated rings. The van der Waals surface area contributed by atoms with Crippen molar-refractivity contribution in [2.75, 3.05) is 14.2 Å². The lowest BCUT2D eigenvalue weighted by Crippen LogP contribution is -2.05. The molecule has 0 bridgehead atoms. The molecule has 1 aliphatic rings. The highest BCUT2D eigenvalue weighted by Crippen LogP contribution is 2.28. The van der Waals surface area contributed by atoms with E-state index in [2.05, 4.69) is 19.1 Å². The van der Waals surface area contributed by atoms with Crippen molar-refractivity contribution in [3.05, 3.63) is 35.3 Å². The average molecular weight is 236 g/mol. The molecule has 2 heteroatoms. The summed E-state index contributed by atoms with van der Waals surface area (Å²) in [7, 11) is 3.48. The highest BCUT2D eigenvalue weighted by atomic mass is 16.5. The van der Waals surface area contributed by atoms with Crippen LogP contribution in [0.3, 0.4) is 0 Å². The van der Waals surface area contributed by atoms with Crippen LogP contribution in [0.1, 0.15) is 39.5 Å². The van der Waals surface area contributed by atoms with Crippen molar-refractivity contribution in [3.8, 4) is 0 Å². The maximum absolute atomic E-state index is 5.28. The van der Waals surface area contributed by atoms with E-state index in [1.807, 2.05) is 13.0 Å². The third-order valence-electron chi connectivity index (χ3n) is 3.45. The van der Waals surface area contributed by atoms with Crippen LogP contribution in [-0.4, -0.2) is 14.2 Å². The van der Waals surface area contributed by atoms with Gasteiger partial charge in [0.15, 0.2) is 0 Å². The Morgan fingerprint density at radius 1 is 1.35 bits per heavy atom. The topological polar surface area (TPSA) is 18.5 Å². The fraction of sp³-hybridized carbons (Fsp3) is 0.600. The Balaban J connectivity index is 2.46. The summed E-state index contributed by atoms with van der Waals surface area (Å²) in [5.74, 6) is 2.79. The van der Waals surface area contributed by atoms with Crippen molar-refractivity contribution in [1.29, 1.82) is 0 Å². The number of allylic oxidation sites excluding steroid dienone is 6. The van der Waals surface area contributed by atoms with Gasteiger partial charge >= 0.3 is 0 Å². The van der Waals surface area contributed by atoms with Gasteiger partial charge < -0.3 is 9.47 Å². The lowest BCUT2D eigenvalue weighted by Gasteiger charge is -2.20. The maximum Gasteiger partial charge on any atom is 0.0958 e. The minimum atomic E-state index is 0.620. The third kappa shape index (κ3) is 4.29. The summed E-state index contributed by atoms with van der Waals surface area (Å²) in [5, 5.41) is 0. The highest BCUT2D eigenvalue weighted by molar-refractivity contribution is 5.22. The lowest BCUT2D eigenvalue weighted by atomic mass is 9.89. The second kappa shape index (κ2) is 7.21. The van der Waals surface area contributed by atoms with Gasteiger partial charge in [-0.05, 0) is 37.8 Å². The summed E-state index contributed by atoms with van der Waals surface area (Å²) in [5.41, 5.74) is 1.53. The average Bonchev–Trinajstić information content (AvgIpc) is 2.39. The van der Waals surface area contributed by atoms with Crippen LogP contribution in [0, 0.1) is 5.92 Å². The molecule has 0 saturated carbocycles.